The average molecular weight is 316 g/mol. The number of thiophene rings is 1. The molecule has 0 aliphatic heterocycles. The zero-order valence-corrected chi connectivity index (χ0v) is 14.3. The molecule has 0 saturated heterocycles. The SMILES string of the molecule is CCC(C)N(C)S(=O)(=O)c1c(C)csc1CNC1CC1. The second kappa shape index (κ2) is 6.13. The first-order valence-corrected chi connectivity index (χ1v) is 9.48. The number of hydrogen-bond acceptors (Lipinski definition) is 4. The number of sulfonamides is 1. The molecule has 1 atom stereocenters. The summed E-state index contributed by atoms with van der Waals surface area (Å²) in [6.45, 7) is 6.49. The molecule has 1 saturated carbocycles. The molecule has 0 bridgehead atoms. The van der Waals surface area contributed by atoms with E-state index in [1.807, 2.05) is 26.2 Å². The molecule has 1 aliphatic carbocycles. The molecule has 114 valence electrons. The van der Waals surface area contributed by atoms with Crippen LogP contribution < -0.4 is 5.32 Å². The molecule has 1 aromatic heterocycles. The molecule has 4 nitrogen and oxygen atoms in total. The summed E-state index contributed by atoms with van der Waals surface area (Å²) in [6.07, 6.45) is 3.23. The van der Waals surface area contributed by atoms with Crippen molar-refractivity contribution in [2.45, 2.75) is 63.6 Å². The Morgan fingerprint density at radius 1 is 1.50 bits per heavy atom. The molecule has 0 amide bonds. The van der Waals surface area contributed by atoms with Crippen LogP contribution in [0, 0.1) is 6.92 Å². The number of hydrogen-bond donors (Lipinski definition) is 1. The van der Waals surface area contributed by atoms with E-state index >= 15 is 0 Å². The lowest BCUT2D eigenvalue weighted by atomic mass is 10.3. The molecule has 1 fully saturated rings. The highest BCUT2D eigenvalue weighted by molar-refractivity contribution is 7.89. The zero-order chi connectivity index (χ0) is 14.9. The predicted octanol–water partition coefficient (Wildman–Crippen LogP) is 2.73. The van der Waals surface area contributed by atoms with Crippen LogP contribution in [0.25, 0.3) is 0 Å². The van der Waals surface area contributed by atoms with E-state index in [9.17, 15) is 8.42 Å². The standard InChI is InChI=1S/C14H24N2O2S2/c1-5-11(3)16(4)20(17,18)14-10(2)9-19-13(14)8-15-12-6-7-12/h9,11-12,15H,5-8H2,1-4H3. The van der Waals surface area contributed by atoms with Crippen LogP contribution in [-0.2, 0) is 16.6 Å². The van der Waals surface area contributed by atoms with Crippen LogP contribution in [0.5, 0.6) is 0 Å². The summed E-state index contributed by atoms with van der Waals surface area (Å²) >= 11 is 1.54. The molecule has 1 heterocycles. The highest BCUT2D eigenvalue weighted by Gasteiger charge is 2.30. The fourth-order valence-corrected chi connectivity index (χ4v) is 5.26. The van der Waals surface area contributed by atoms with E-state index in [0.717, 1.165) is 16.9 Å². The molecule has 20 heavy (non-hydrogen) atoms. The molecule has 6 heteroatoms. The largest absolute Gasteiger partial charge is 0.309 e. The first kappa shape index (κ1) is 15.9. The van der Waals surface area contributed by atoms with Crippen molar-refractivity contribution in [3.63, 3.8) is 0 Å². The maximum absolute atomic E-state index is 12.8. The van der Waals surface area contributed by atoms with Crippen molar-refractivity contribution in [3.05, 3.63) is 15.8 Å². The molecule has 2 rings (SSSR count). The minimum Gasteiger partial charge on any atom is -0.309 e. The van der Waals surface area contributed by atoms with Gasteiger partial charge in [0.15, 0.2) is 0 Å². The van der Waals surface area contributed by atoms with Gasteiger partial charge in [0.25, 0.3) is 0 Å². The van der Waals surface area contributed by atoms with Crippen LogP contribution >= 0.6 is 11.3 Å². The van der Waals surface area contributed by atoms with Gasteiger partial charge in [-0.3, -0.25) is 0 Å². The topological polar surface area (TPSA) is 49.4 Å². The molecule has 0 radical (unpaired) electrons. The molecule has 1 unspecified atom stereocenters. The minimum atomic E-state index is -3.39. The summed E-state index contributed by atoms with van der Waals surface area (Å²) in [4.78, 5) is 1.45. The molecule has 1 N–H and O–H groups in total. The van der Waals surface area contributed by atoms with Crippen LogP contribution in [0.2, 0.25) is 0 Å². The summed E-state index contributed by atoms with van der Waals surface area (Å²) in [5.41, 5.74) is 0.859. The van der Waals surface area contributed by atoms with E-state index in [-0.39, 0.29) is 6.04 Å². The summed E-state index contributed by atoms with van der Waals surface area (Å²) in [5, 5.41) is 5.35. The maximum atomic E-state index is 12.8. The Bertz CT molecular complexity index is 562. The van der Waals surface area contributed by atoms with Crippen molar-refractivity contribution >= 4 is 21.4 Å². The van der Waals surface area contributed by atoms with E-state index in [0.29, 0.717) is 17.5 Å². The highest BCUT2D eigenvalue weighted by Crippen LogP contribution is 2.31. The van der Waals surface area contributed by atoms with E-state index in [2.05, 4.69) is 5.32 Å². The summed E-state index contributed by atoms with van der Waals surface area (Å²) in [5.74, 6) is 0. The van der Waals surface area contributed by atoms with Gasteiger partial charge in [-0.25, -0.2) is 8.42 Å². The van der Waals surface area contributed by atoms with Gasteiger partial charge >= 0.3 is 0 Å². The monoisotopic (exact) mass is 316 g/mol. The minimum absolute atomic E-state index is 0.0172. The van der Waals surface area contributed by atoms with Gasteiger partial charge in [-0.1, -0.05) is 6.92 Å². The van der Waals surface area contributed by atoms with Gasteiger partial charge in [0, 0.05) is 30.6 Å². The van der Waals surface area contributed by atoms with Crippen LogP contribution in [0.4, 0.5) is 0 Å². The Kier molecular flexibility index (Phi) is 4.89. The van der Waals surface area contributed by atoms with E-state index in [1.165, 1.54) is 17.1 Å². The normalized spacial score (nSPS) is 17.6. The summed E-state index contributed by atoms with van der Waals surface area (Å²) < 4.78 is 27.1. The number of aryl methyl sites for hydroxylation is 1. The maximum Gasteiger partial charge on any atom is 0.244 e. The number of nitrogens with one attached hydrogen (secondary N) is 1. The second-order valence-corrected chi connectivity index (χ2v) is 8.50. The van der Waals surface area contributed by atoms with Gasteiger partial charge in [0.2, 0.25) is 10.0 Å². The van der Waals surface area contributed by atoms with Crippen molar-refractivity contribution in [1.29, 1.82) is 0 Å². The number of rotatable bonds is 7. The van der Waals surface area contributed by atoms with Gasteiger partial charge in [-0.2, -0.15) is 4.31 Å². The Morgan fingerprint density at radius 2 is 2.15 bits per heavy atom. The lowest BCUT2D eigenvalue weighted by Crippen LogP contribution is -2.35. The molecule has 1 aliphatic rings. The lowest BCUT2D eigenvalue weighted by Gasteiger charge is -2.24. The molecule has 1 aromatic rings. The molecule has 0 spiro atoms. The van der Waals surface area contributed by atoms with Crippen LogP contribution in [0.3, 0.4) is 0 Å². The smallest absolute Gasteiger partial charge is 0.244 e. The average Bonchev–Trinajstić information content (AvgIpc) is 3.17. The van der Waals surface area contributed by atoms with Crippen molar-refractivity contribution in [2.75, 3.05) is 7.05 Å². The fraction of sp³-hybridized carbons (Fsp3) is 0.714. The Labute approximate surface area is 126 Å². The van der Waals surface area contributed by atoms with E-state index < -0.39 is 10.0 Å². The van der Waals surface area contributed by atoms with E-state index in [1.54, 1.807) is 18.4 Å². The van der Waals surface area contributed by atoms with Crippen LogP contribution in [0.1, 0.15) is 43.6 Å². The predicted molar refractivity (Wildman–Crippen MR) is 83.6 cm³/mol. The van der Waals surface area contributed by atoms with Gasteiger partial charge < -0.3 is 5.32 Å². The fourth-order valence-electron chi connectivity index (χ4n) is 2.12. The van der Waals surface area contributed by atoms with Gasteiger partial charge in [-0.15, -0.1) is 11.3 Å². The lowest BCUT2D eigenvalue weighted by molar-refractivity contribution is 0.380. The third-order valence-electron chi connectivity index (χ3n) is 3.97. The van der Waals surface area contributed by atoms with E-state index in [4.69, 9.17) is 0 Å². The Morgan fingerprint density at radius 3 is 2.70 bits per heavy atom. The van der Waals surface area contributed by atoms with Gasteiger partial charge in [0.1, 0.15) is 4.90 Å². The first-order chi connectivity index (χ1) is 9.37. The first-order valence-electron chi connectivity index (χ1n) is 7.16. The summed E-state index contributed by atoms with van der Waals surface area (Å²) in [6, 6.07) is 0.601. The highest BCUT2D eigenvalue weighted by atomic mass is 32.2. The van der Waals surface area contributed by atoms with Crippen molar-refractivity contribution in [3.8, 4) is 0 Å². The molecule has 0 aromatic carbocycles. The van der Waals surface area contributed by atoms with Gasteiger partial charge in [0.05, 0.1) is 0 Å². The number of nitrogens with zero attached hydrogens (tertiary/aromatic N) is 1. The van der Waals surface area contributed by atoms with Crippen LogP contribution in [-0.4, -0.2) is 31.9 Å². The molecular formula is C14H24N2O2S2. The van der Waals surface area contributed by atoms with Crippen molar-refractivity contribution in [1.82, 2.24) is 9.62 Å². The summed E-state index contributed by atoms with van der Waals surface area (Å²) in [7, 11) is -1.71. The third kappa shape index (κ3) is 3.24. The second-order valence-electron chi connectivity index (χ2n) is 5.60. The Balaban J connectivity index is 2.27. The van der Waals surface area contributed by atoms with Crippen molar-refractivity contribution in [2.24, 2.45) is 0 Å². The molecular weight excluding hydrogens is 292 g/mol. The van der Waals surface area contributed by atoms with Crippen LogP contribution in [0.15, 0.2) is 10.3 Å². The van der Waals surface area contributed by atoms with Gasteiger partial charge in [-0.05, 0) is 44.1 Å². The quantitative estimate of drug-likeness (QED) is 0.841. The third-order valence-corrected chi connectivity index (χ3v) is 7.40. The zero-order valence-electron chi connectivity index (χ0n) is 12.6. The Hall–Kier alpha value is -0.430. The van der Waals surface area contributed by atoms with Crippen molar-refractivity contribution < 1.29 is 8.42 Å².